The van der Waals surface area contributed by atoms with Crippen LogP contribution in [0.2, 0.25) is 0 Å². The normalized spacial score (nSPS) is 9.50. The van der Waals surface area contributed by atoms with Crippen LogP contribution in [-0.2, 0) is 4.79 Å². The molecule has 0 aliphatic heterocycles. The van der Waals surface area contributed by atoms with E-state index in [1.807, 2.05) is 6.92 Å². The van der Waals surface area contributed by atoms with Crippen molar-refractivity contribution < 1.29 is 4.79 Å². The zero-order chi connectivity index (χ0) is 9.40. The summed E-state index contributed by atoms with van der Waals surface area (Å²) in [5, 5.41) is 6.09. The molecule has 0 aromatic carbocycles. The Morgan fingerprint density at radius 3 is 2.67 bits per heavy atom. The second kappa shape index (κ2) is 7.13. The summed E-state index contributed by atoms with van der Waals surface area (Å²) in [6, 6.07) is 0. The molecule has 2 N–H and O–H groups in total. The van der Waals surface area contributed by atoms with E-state index in [-0.39, 0.29) is 5.91 Å². The summed E-state index contributed by atoms with van der Waals surface area (Å²) in [4.78, 5) is 10.9. The molecule has 0 saturated heterocycles. The Kier molecular flexibility index (Phi) is 6.81. The Hall–Kier alpha value is -0.540. The number of carbonyl (C=O) groups is 1. The molecule has 0 unspecified atom stereocenters. The van der Waals surface area contributed by atoms with E-state index in [1.165, 1.54) is 0 Å². The lowest BCUT2D eigenvalue weighted by Crippen LogP contribution is -2.34. The highest BCUT2D eigenvalue weighted by Gasteiger charge is 1.97. The predicted molar refractivity (Wildman–Crippen MR) is 51.2 cm³/mol. The number of carbonyl (C=O) groups excluding carboxylic acids is 1. The summed E-state index contributed by atoms with van der Waals surface area (Å²) in [6.07, 6.45) is 0.952. The molecule has 1 amide bonds. The van der Waals surface area contributed by atoms with Crippen molar-refractivity contribution in [1.82, 2.24) is 10.6 Å². The Morgan fingerprint density at radius 2 is 2.17 bits per heavy atom. The van der Waals surface area contributed by atoms with Crippen molar-refractivity contribution in [2.45, 2.75) is 13.3 Å². The maximum atomic E-state index is 10.9. The lowest BCUT2D eigenvalue weighted by atomic mass is 10.4. The third-order valence-corrected chi connectivity index (χ3v) is 1.31. The van der Waals surface area contributed by atoms with Gasteiger partial charge in [-0.1, -0.05) is 25.1 Å². The van der Waals surface area contributed by atoms with E-state index in [0.29, 0.717) is 18.1 Å². The lowest BCUT2D eigenvalue weighted by Gasteiger charge is -2.03. The molecule has 4 heteroatoms. The lowest BCUT2D eigenvalue weighted by molar-refractivity contribution is -0.120. The van der Waals surface area contributed by atoms with Gasteiger partial charge in [0.25, 0.3) is 0 Å². The van der Waals surface area contributed by atoms with E-state index in [2.05, 4.69) is 17.2 Å². The molecule has 0 bridgehead atoms. The fourth-order valence-electron chi connectivity index (χ4n) is 0.639. The Balaban J connectivity index is 3.25. The van der Waals surface area contributed by atoms with Crippen LogP contribution < -0.4 is 10.6 Å². The van der Waals surface area contributed by atoms with E-state index in [9.17, 15) is 4.79 Å². The molecule has 0 aliphatic rings. The molecule has 3 nitrogen and oxygen atoms in total. The largest absolute Gasteiger partial charge is 0.355 e. The van der Waals surface area contributed by atoms with Gasteiger partial charge in [0.1, 0.15) is 0 Å². The van der Waals surface area contributed by atoms with Crippen LogP contribution in [0.25, 0.3) is 0 Å². The second-order valence-corrected chi connectivity index (χ2v) is 3.01. The number of halogens is 1. The fourth-order valence-corrected chi connectivity index (χ4v) is 0.733. The molecule has 0 aromatic heterocycles. The highest BCUT2D eigenvalue weighted by molar-refractivity contribution is 6.29. The van der Waals surface area contributed by atoms with Crippen LogP contribution >= 0.6 is 11.6 Å². The van der Waals surface area contributed by atoms with Gasteiger partial charge in [-0.25, -0.2) is 0 Å². The van der Waals surface area contributed by atoms with E-state index in [0.717, 1.165) is 13.0 Å². The van der Waals surface area contributed by atoms with Crippen molar-refractivity contribution in [3.8, 4) is 0 Å². The summed E-state index contributed by atoms with van der Waals surface area (Å²) in [7, 11) is 0. The van der Waals surface area contributed by atoms with Gasteiger partial charge in [-0.3, -0.25) is 4.79 Å². The zero-order valence-corrected chi connectivity index (χ0v) is 8.08. The van der Waals surface area contributed by atoms with Gasteiger partial charge in [0.15, 0.2) is 0 Å². The van der Waals surface area contributed by atoms with Gasteiger partial charge >= 0.3 is 0 Å². The summed E-state index contributed by atoms with van der Waals surface area (Å²) >= 11 is 5.48. The van der Waals surface area contributed by atoms with Crippen molar-refractivity contribution in [1.29, 1.82) is 0 Å². The standard InChI is InChI=1S/C8H15ClN2O/c1-3-4-11-8(12)6-10-5-7(2)9/h10H,2-6H2,1H3,(H,11,12). The molecule has 0 aromatic rings. The van der Waals surface area contributed by atoms with Gasteiger partial charge in [-0.05, 0) is 6.42 Å². The van der Waals surface area contributed by atoms with Crippen LogP contribution in [0.5, 0.6) is 0 Å². The molecule has 0 heterocycles. The molecule has 0 atom stereocenters. The van der Waals surface area contributed by atoms with Crippen molar-refractivity contribution in [2.75, 3.05) is 19.6 Å². The van der Waals surface area contributed by atoms with Crippen molar-refractivity contribution in [3.63, 3.8) is 0 Å². The highest BCUT2D eigenvalue weighted by Crippen LogP contribution is 1.91. The van der Waals surface area contributed by atoms with E-state index in [4.69, 9.17) is 11.6 Å². The van der Waals surface area contributed by atoms with E-state index < -0.39 is 0 Å². The zero-order valence-electron chi connectivity index (χ0n) is 7.32. The molecule has 0 radical (unpaired) electrons. The Labute approximate surface area is 78.2 Å². The van der Waals surface area contributed by atoms with Crippen molar-refractivity contribution in [2.24, 2.45) is 0 Å². The summed E-state index contributed by atoms with van der Waals surface area (Å²) < 4.78 is 0. The van der Waals surface area contributed by atoms with Crippen LogP contribution in [0, 0.1) is 0 Å². The monoisotopic (exact) mass is 190 g/mol. The summed E-state index contributed by atoms with van der Waals surface area (Å²) in [5.74, 6) is -0.00485. The van der Waals surface area contributed by atoms with Crippen LogP contribution in [0.4, 0.5) is 0 Å². The van der Waals surface area contributed by atoms with Crippen LogP contribution in [0.1, 0.15) is 13.3 Å². The number of hydrogen-bond acceptors (Lipinski definition) is 2. The van der Waals surface area contributed by atoms with Crippen LogP contribution in [-0.4, -0.2) is 25.5 Å². The van der Waals surface area contributed by atoms with E-state index >= 15 is 0 Å². The third-order valence-electron chi connectivity index (χ3n) is 1.17. The first-order valence-electron chi connectivity index (χ1n) is 3.97. The highest BCUT2D eigenvalue weighted by atomic mass is 35.5. The minimum absolute atomic E-state index is 0.00485. The minimum Gasteiger partial charge on any atom is -0.355 e. The van der Waals surface area contributed by atoms with Crippen LogP contribution in [0.15, 0.2) is 11.6 Å². The molecule has 0 spiro atoms. The maximum absolute atomic E-state index is 10.9. The topological polar surface area (TPSA) is 41.1 Å². The first-order valence-corrected chi connectivity index (χ1v) is 4.35. The minimum atomic E-state index is -0.00485. The van der Waals surface area contributed by atoms with Gasteiger partial charge in [0.05, 0.1) is 6.54 Å². The molecule has 0 saturated carbocycles. The summed E-state index contributed by atoms with van der Waals surface area (Å²) in [5.41, 5.74) is 0. The average molecular weight is 191 g/mol. The Bertz CT molecular complexity index is 159. The van der Waals surface area contributed by atoms with Gasteiger partial charge in [0.2, 0.25) is 5.91 Å². The Morgan fingerprint density at radius 1 is 1.50 bits per heavy atom. The molecule has 12 heavy (non-hydrogen) atoms. The molecular formula is C8H15ClN2O. The SMILES string of the molecule is C=C(Cl)CNCC(=O)NCCC. The fraction of sp³-hybridized carbons (Fsp3) is 0.625. The number of hydrogen-bond donors (Lipinski definition) is 2. The molecule has 0 aliphatic carbocycles. The smallest absolute Gasteiger partial charge is 0.233 e. The molecule has 70 valence electrons. The number of rotatable bonds is 6. The average Bonchev–Trinajstić information content (AvgIpc) is 2.00. The maximum Gasteiger partial charge on any atom is 0.233 e. The first-order chi connectivity index (χ1) is 5.66. The first kappa shape index (κ1) is 11.5. The number of nitrogens with one attached hydrogen (secondary N) is 2. The molecule has 0 fully saturated rings. The second-order valence-electron chi connectivity index (χ2n) is 2.47. The summed E-state index contributed by atoms with van der Waals surface area (Å²) in [6.45, 7) is 6.99. The van der Waals surface area contributed by atoms with Gasteiger partial charge < -0.3 is 10.6 Å². The van der Waals surface area contributed by atoms with Gasteiger partial charge in [-0.15, -0.1) is 0 Å². The number of amides is 1. The van der Waals surface area contributed by atoms with Gasteiger partial charge in [-0.2, -0.15) is 0 Å². The van der Waals surface area contributed by atoms with Crippen LogP contribution in [0.3, 0.4) is 0 Å². The molecular weight excluding hydrogens is 176 g/mol. The van der Waals surface area contributed by atoms with E-state index in [1.54, 1.807) is 0 Å². The molecule has 0 rings (SSSR count). The van der Waals surface area contributed by atoms with Crippen molar-refractivity contribution in [3.05, 3.63) is 11.6 Å². The van der Waals surface area contributed by atoms with Crippen molar-refractivity contribution >= 4 is 17.5 Å². The third kappa shape index (κ3) is 7.57. The quantitative estimate of drug-likeness (QED) is 0.652. The predicted octanol–water partition coefficient (Wildman–Crippen LogP) is 0.855. The van der Waals surface area contributed by atoms with Gasteiger partial charge in [0, 0.05) is 18.1 Å².